The van der Waals surface area contributed by atoms with E-state index in [-0.39, 0.29) is 11.2 Å². The molecule has 8 heteroatoms. The van der Waals surface area contributed by atoms with Gasteiger partial charge >= 0.3 is 0 Å². The third kappa shape index (κ3) is 4.82. The second kappa shape index (κ2) is 7.72. The molecule has 1 N–H and O–H groups in total. The average molecular weight is 306 g/mol. The van der Waals surface area contributed by atoms with E-state index >= 15 is 0 Å². The molecule has 2 aromatic heterocycles. The molecular weight excluding hydrogens is 288 g/mol. The van der Waals surface area contributed by atoms with Crippen LogP contribution in [0.1, 0.15) is 25.6 Å². The van der Waals surface area contributed by atoms with E-state index in [0.29, 0.717) is 18.0 Å². The highest BCUT2D eigenvalue weighted by Crippen LogP contribution is 2.22. The van der Waals surface area contributed by atoms with Gasteiger partial charge in [0.25, 0.3) is 0 Å². The Hall–Kier alpha value is -1.96. The van der Waals surface area contributed by atoms with Crippen LogP contribution in [0.5, 0.6) is 0 Å². The molecule has 21 heavy (non-hydrogen) atoms. The summed E-state index contributed by atoms with van der Waals surface area (Å²) in [4.78, 5) is 16.1. The van der Waals surface area contributed by atoms with E-state index in [9.17, 15) is 4.79 Å². The van der Waals surface area contributed by atoms with E-state index in [1.807, 2.05) is 19.2 Å². The highest BCUT2D eigenvalue weighted by molar-refractivity contribution is 7.99. The van der Waals surface area contributed by atoms with Gasteiger partial charge in [-0.1, -0.05) is 13.0 Å². The summed E-state index contributed by atoms with van der Waals surface area (Å²) in [6.45, 7) is 2.07. The fraction of sp³-hybridized carbons (Fsp3) is 0.462. The smallest absolute Gasteiger partial charge is 0.226 e. The molecule has 1 atom stereocenters. The Kier molecular flexibility index (Phi) is 5.68. The van der Waals surface area contributed by atoms with Crippen LogP contribution in [0, 0.1) is 0 Å². The van der Waals surface area contributed by atoms with Gasteiger partial charge < -0.3 is 5.32 Å². The summed E-state index contributed by atoms with van der Waals surface area (Å²) in [6, 6.07) is 5.43. The number of anilines is 1. The third-order valence-electron chi connectivity index (χ3n) is 2.96. The van der Waals surface area contributed by atoms with E-state index in [2.05, 4.69) is 32.7 Å². The lowest BCUT2D eigenvalue weighted by Crippen LogP contribution is -2.18. The summed E-state index contributed by atoms with van der Waals surface area (Å²) in [6.07, 6.45) is 3.01. The minimum absolute atomic E-state index is 0.0239. The highest BCUT2D eigenvalue weighted by Gasteiger charge is 2.14. The minimum Gasteiger partial charge on any atom is -0.311 e. The summed E-state index contributed by atoms with van der Waals surface area (Å²) in [5.74, 6) is 2.06. The number of aromatic nitrogens is 5. The zero-order valence-electron chi connectivity index (χ0n) is 12.1. The van der Waals surface area contributed by atoms with Gasteiger partial charge in [-0.05, 0) is 29.0 Å². The molecule has 2 rings (SSSR count). The molecular formula is C13H18N6OS. The van der Waals surface area contributed by atoms with Crippen LogP contribution in [0.2, 0.25) is 0 Å². The van der Waals surface area contributed by atoms with Crippen molar-refractivity contribution in [2.45, 2.75) is 30.8 Å². The molecule has 0 aliphatic heterocycles. The Morgan fingerprint density at radius 3 is 2.95 bits per heavy atom. The van der Waals surface area contributed by atoms with Crippen LogP contribution in [0.3, 0.4) is 0 Å². The first-order chi connectivity index (χ1) is 10.2. The fourth-order valence-electron chi connectivity index (χ4n) is 1.72. The number of hydrogen-bond acceptors (Lipinski definition) is 6. The van der Waals surface area contributed by atoms with E-state index in [0.717, 1.165) is 12.2 Å². The maximum atomic E-state index is 12.0. The second-order valence-corrected chi connectivity index (χ2v) is 5.82. The first-order valence-electron chi connectivity index (χ1n) is 6.72. The second-order valence-electron chi connectivity index (χ2n) is 4.53. The van der Waals surface area contributed by atoms with E-state index in [1.54, 1.807) is 28.7 Å². The molecule has 2 aromatic rings. The molecule has 0 aliphatic carbocycles. The van der Waals surface area contributed by atoms with Crippen LogP contribution in [0.25, 0.3) is 0 Å². The first kappa shape index (κ1) is 15.4. The Morgan fingerprint density at radius 1 is 1.48 bits per heavy atom. The SMILES string of the molecule is CCC(CC(=O)Nc1ccccn1)SCc1nnnn1C. The molecule has 2 heterocycles. The number of rotatable bonds is 7. The lowest BCUT2D eigenvalue weighted by atomic mass is 10.2. The van der Waals surface area contributed by atoms with E-state index < -0.39 is 0 Å². The van der Waals surface area contributed by atoms with Gasteiger partial charge in [-0.3, -0.25) is 4.79 Å². The number of aryl methyl sites for hydroxylation is 1. The molecule has 1 unspecified atom stereocenters. The van der Waals surface area contributed by atoms with Crippen LogP contribution in [0.4, 0.5) is 5.82 Å². The number of thioether (sulfide) groups is 1. The lowest BCUT2D eigenvalue weighted by Gasteiger charge is -2.13. The van der Waals surface area contributed by atoms with Crippen molar-refractivity contribution in [2.75, 3.05) is 5.32 Å². The third-order valence-corrected chi connectivity index (χ3v) is 4.35. The predicted octanol–water partition coefficient (Wildman–Crippen LogP) is 1.65. The summed E-state index contributed by atoms with van der Waals surface area (Å²) < 4.78 is 1.65. The van der Waals surface area contributed by atoms with Crippen molar-refractivity contribution >= 4 is 23.5 Å². The summed E-state index contributed by atoms with van der Waals surface area (Å²) >= 11 is 1.69. The van der Waals surface area contributed by atoms with E-state index in [1.165, 1.54) is 0 Å². The maximum absolute atomic E-state index is 12.0. The minimum atomic E-state index is -0.0239. The molecule has 0 spiro atoms. The standard InChI is InChI=1S/C13H18N6OS/c1-3-10(21-9-12-16-17-18-19(12)2)8-13(20)15-11-6-4-5-7-14-11/h4-7,10H,3,8-9H2,1-2H3,(H,14,15,20). The average Bonchev–Trinajstić information content (AvgIpc) is 2.90. The quantitative estimate of drug-likeness (QED) is 0.837. The van der Waals surface area contributed by atoms with Crippen molar-refractivity contribution in [2.24, 2.45) is 7.05 Å². The topological polar surface area (TPSA) is 85.6 Å². The zero-order valence-corrected chi connectivity index (χ0v) is 12.9. The van der Waals surface area contributed by atoms with Crippen molar-refractivity contribution < 1.29 is 4.79 Å². The summed E-state index contributed by atoms with van der Waals surface area (Å²) in [5.41, 5.74) is 0. The van der Waals surface area contributed by atoms with Gasteiger partial charge in [0, 0.05) is 24.9 Å². The number of pyridine rings is 1. The number of amides is 1. The molecule has 7 nitrogen and oxygen atoms in total. The molecule has 0 saturated carbocycles. The normalized spacial score (nSPS) is 12.1. The number of hydrogen-bond donors (Lipinski definition) is 1. The van der Waals surface area contributed by atoms with Crippen LogP contribution >= 0.6 is 11.8 Å². The Bertz CT molecular complexity index is 573. The van der Waals surface area contributed by atoms with E-state index in [4.69, 9.17) is 0 Å². The van der Waals surface area contributed by atoms with Gasteiger partial charge in [0.2, 0.25) is 5.91 Å². The Morgan fingerprint density at radius 2 is 2.33 bits per heavy atom. The van der Waals surface area contributed by atoms with Crippen LogP contribution in [0.15, 0.2) is 24.4 Å². The van der Waals surface area contributed by atoms with Gasteiger partial charge in [0.15, 0.2) is 5.82 Å². The van der Waals surface area contributed by atoms with Crippen molar-refractivity contribution in [1.29, 1.82) is 0 Å². The molecule has 0 radical (unpaired) electrons. The van der Waals surface area contributed by atoms with Crippen molar-refractivity contribution in [3.8, 4) is 0 Å². The van der Waals surface area contributed by atoms with Crippen LogP contribution in [-0.4, -0.2) is 36.3 Å². The largest absolute Gasteiger partial charge is 0.311 e. The van der Waals surface area contributed by atoms with Gasteiger partial charge in [-0.25, -0.2) is 9.67 Å². The number of carbonyl (C=O) groups excluding carboxylic acids is 1. The van der Waals surface area contributed by atoms with Crippen LogP contribution in [-0.2, 0) is 17.6 Å². The number of nitrogens with zero attached hydrogens (tertiary/aromatic N) is 5. The molecule has 0 fully saturated rings. The molecule has 0 aliphatic rings. The van der Waals surface area contributed by atoms with Gasteiger partial charge in [0.1, 0.15) is 5.82 Å². The lowest BCUT2D eigenvalue weighted by molar-refractivity contribution is -0.116. The van der Waals surface area contributed by atoms with Crippen molar-refractivity contribution in [1.82, 2.24) is 25.2 Å². The molecule has 0 saturated heterocycles. The van der Waals surface area contributed by atoms with Gasteiger partial charge in [0.05, 0.1) is 5.75 Å². The molecule has 0 aromatic carbocycles. The molecule has 112 valence electrons. The van der Waals surface area contributed by atoms with Gasteiger partial charge in [-0.15, -0.1) is 16.9 Å². The highest BCUT2D eigenvalue weighted by atomic mass is 32.2. The fourth-order valence-corrected chi connectivity index (χ4v) is 2.86. The number of nitrogens with one attached hydrogen (secondary N) is 1. The van der Waals surface area contributed by atoms with Crippen molar-refractivity contribution in [3.63, 3.8) is 0 Å². The van der Waals surface area contributed by atoms with Crippen molar-refractivity contribution in [3.05, 3.63) is 30.2 Å². The number of tetrazole rings is 1. The Balaban J connectivity index is 1.81. The van der Waals surface area contributed by atoms with Crippen LogP contribution < -0.4 is 5.32 Å². The maximum Gasteiger partial charge on any atom is 0.226 e. The zero-order chi connectivity index (χ0) is 15.1. The summed E-state index contributed by atoms with van der Waals surface area (Å²) in [5, 5.41) is 14.4. The van der Waals surface area contributed by atoms with Gasteiger partial charge in [-0.2, -0.15) is 0 Å². The summed E-state index contributed by atoms with van der Waals surface area (Å²) in [7, 11) is 1.81. The monoisotopic (exact) mass is 306 g/mol. The predicted molar refractivity (Wildman–Crippen MR) is 81.7 cm³/mol. The first-order valence-corrected chi connectivity index (χ1v) is 7.77. The molecule has 1 amide bonds. The molecule has 0 bridgehead atoms. The number of carbonyl (C=O) groups is 1. The Labute approximate surface area is 127 Å².